The Bertz CT molecular complexity index is 333. The Hall–Kier alpha value is -0.610. The molecule has 3 rings (SSSR count). The van der Waals surface area contributed by atoms with E-state index < -0.39 is 0 Å². The Morgan fingerprint density at radius 1 is 1.11 bits per heavy atom. The number of nitrogens with zero attached hydrogens (tertiary/aromatic N) is 1. The number of piperidine rings is 1. The standard InChI is InChI=1S/C15H27N3O/c16-9-11-5-2-1-3-7-13(11)18-8-4-6-12-14(18)10-17-15(12)19/h11-14H,1-10,16H2,(H,17,19). The quantitative estimate of drug-likeness (QED) is 0.735. The molecule has 2 heterocycles. The van der Waals surface area contributed by atoms with Crippen molar-refractivity contribution in [2.24, 2.45) is 17.6 Å². The molecule has 4 nitrogen and oxygen atoms in total. The van der Waals surface area contributed by atoms with Gasteiger partial charge in [-0.05, 0) is 44.7 Å². The first-order valence-electron chi connectivity index (χ1n) is 8.05. The summed E-state index contributed by atoms with van der Waals surface area (Å²) in [5.74, 6) is 1.17. The van der Waals surface area contributed by atoms with Gasteiger partial charge in [0.1, 0.15) is 0 Å². The van der Waals surface area contributed by atoms with Crippen LogP contribution in [0.25, 0.3) is 0 Å². The maximum absolute atomic E-state index is 11.9. The van der Waals surface area contributed by atoms with Gasteiger partial charge in [0.15, 0.2) is 0 Å². The summed E-state index contributed by atoms with van der Waals surface area (Å²) in [5, 5.41) is 3.07. The second kappa shape index (κ2) is 5.80. The molecule has 3 N–H and O–H groups in total. The van der Waals surface area contributed by atoms with Crippen LogP contribution in [0.5, 0.6) is 0 Å². The minimum absolute atomic E-state index is 0.246. The number of amides is 1. The molecular weight excluding hydrogens is 238 g/mol. The second-order valence-corrected chi connectivity index (χ2v) is 6.50. The molecule has 3 aliphatic rings. The summed E-state index contributed by atoms with van der Waals surface area (Å²) in [7, 11) is 0. The fraction of sp³-hybridized carbons (Fsp3) is 0.933. The first-order valence-corrected chi connectivity index (χ1v) is 8.05. The van der Waals surface area contributed by atoms with Gasteiger partial charge in [-0.1, -0.05) is 19.3 Å². The van der Waals surface area contributed by atoms with Gasteiger partial charge in [-0.3, -0.25) is 9.69 Å². The van der Waals surface area contributed by atoms with Gasteiger partial charge in [0, 0.05) is 18.6 Å². The molecule has 0 aromatic rings. The van der Waals surface area contributed by atoms with E-state index in [4.69, 9.17) is 5.73 Å². The maximum atomic E-state index is 11.9. The fourth-order valence-corrected chi connectivity index (χ4v) is 4.47. The minimum Gasteiger partial charge on any atom is -0.354 e. The lowest BCUT2D eigenvalue weighted by Gasteiger charge is -2.44. The van der Waals surface area contributed by atoms with Crippen LogP contribution in [-0.2, 0) is 4.79 Å². The van der Waals surface area contributed by atoms with Crippen molar-refractivity contribution in [2.45, 2.75) is 57.0 Å². The topological polar surface area (TPSA) is 58.4 Å². The summed E-state index contributed by atoms with van der Waals surface area (Å²) in [6.07, 6.45) is 8.81. The average molecular weight is 265 g/mol. The Labute approximate surface area is 116 Å². The minimum atomic E-state index is 0.246. The summed E-state index contributed by atoms with van der Waals surface area (Å²) in [4.78, 5) is 14.5. The van der Waals surface area contributed by atoms with Gasteiger partial charge in [-0.15, -0.1) is 0 Å². The molecule has 0 spiro atoms. The van der Waals surface area contributed by atoms with E-state index in [0.29, 0.717) is 18.0 Å². The van der Waals surface area contributed by atoms with Gasteiger partial charge in [-0.2, -0.15) is 0 Å². The predicted octanol–water partition coefficient (Wildman–Crippen LogP) is 1.10. The van der Waals surface area contributed by atoms with Gasteiger partial charge < -0.3 is 11.1 Å². The number of nitrogens with one attached hydrogen (secondary N) is 1. The number of hydrogen-bond acceptors (Lipinski definition) is 3. The van der Waals surface area contributed by atoms with Gasteiger partial charge in [-0.25, -0.2) is 0 Å². The number of hydrogen-bond donors (Lipinski definition) is 2. The Balaban J connectivity index is 1.76. The highest BCUT2D eigenvalue weighted by Crippen LogP contribution is 2.35. The first-order chi connectivity index (χ1) is 9.31. The molecule has 0 radical (unpaired) electrons. The smallest absolute Gasteiger partial charge is 0.224 e. The molecule has 0 bridgehead atoms. The van der Waals surface area contributed by atoms with Crippen molar-refractivity contribution in [1.82, 2.24) is 10.2 Å². The van der Waals surface area contributed by atoms with Crippen LogP contribution in [0, 0.1) is 11.8 Å². The van der Waals surface area contributed by atoms with E-state index in [0.717, 1.165) is 26.1 Å². The maximum Gasteiger partial charge on any atom is 0.224 e. The lowest BCUT2D eigenvalue weighted by Crippen LogP contribution is -2.54. The number of nitrogens with two attached hydrogens (primary N) is 1. The lowest BCUT2D eigenvalue weighted by atomic mass is 9.85. The third kappa shape index (κ3) is 2.52. The van der Waals surface area contributed by atoms with Crippen LogP contribution in [0.2, 0.25) is 0 Å². The molecule has 19 heavy (non-hydrogen) atoms. The highest BCUT2D eigenvalue weighted by molar-refractivity contribution is 5.82. The highest BCUT2D eigenvalue weighted by Gasteiger charge is 2.44. The van der Waals surface area contributed by atoms with Crippen molar-refractivity contribution < 1.29 is 4.79 Å². The molecule has 3 fully saturated rings. The van der Waals surface area contributed by atoms with E-state index in [-0.39, 0.29) is 11.8 Å². The third-order valence-corrected chi connectivity index (χ3v) is 5.49. The van der Waals surface area contributed by atoms with E-state index in [1.54, 1.807) is 0 Å². The van der Waals surface area contributed by atoms with Crippen molar-refractivity contribution in [1.29, 1.82) is 0 Å². The summed E-state index contributed by atoms with van der Waals surface area (Å²) >= 11 is 0. The van der Waals surface area contributed by atoms with Gasteiger partial charge in [0.2, 0.25) is 5.91 Å². The zero-order valence-corrected chi connectivity index (χ0v) is 11.8. The Morgan fingerprint density at radius 2 is 1.95 bits per heavy atom. The molecule has 2 aliphatic heterocycles. The molecule has 4 unspecified atom stereocenters. The normalized spacial score (nSPS) is 40.6. The van der Waals surface area contributed by atoms with Crippen molar-refractivity contribution >= 4 is 5.91 Å². The molecule has 4 heteroatoms. The number of rotatable bonds is 2. The molecule has 1 saturated carbocycles. The molecule has 0 aromatic heterocycles. The van der Waals surface area contributed by atoms with Crippen molar-refractivity contribution in [3.63, 3.8) is 0 Å². The summed E-state index contributed by atoms with van der Waals surface area (Å²) in [6.45, 7) is 2.83. The van der Waals surface area contributed by atoms with E-state index in [1.807, 2.05) is 0 Å². The Morgan fingerprint density at radius 3 is 2.79 bits per heavy atom. The number of fused-ring (bicyclic) bond motifs is 1. The Kier molecular flexibility index (Phi) is 4.08. The van der Waals surface area contributed by atoms with Gasteiger partial charge in [0.25, 0.3) is 0 Å². The number of carbonyl (C=O) groups excluding carboxylic acids is 1. The van der Waals surface area contributed by atoms with E-state index in [9.17, 15) is 4.79 Å². The van der Waals surface area contributed by atoms with Crippen LogP contribution in [0.15, 0.2) is 0 Å². The average Bonchev–Trinajstić information content (AvgIpc) is 2.68. The molecule has 4 atom stereocenters. The monoisotopic (exact) mass is 265 g/mol. The van der Waals surface area contributed by atoms with Gasteiger partial charge >= 0.3 is 0 Å². The zero-order chi connectivity index (χ0) is 13.2. The third-order valence-electron chi connectivity index (χ3n) is 5.49. The van der Waals surface area contributed by atoms with Crippen LogP contribution in [0.3, 0.4) is 0 Å². The molecule has 1 amide bonds. The highest BCUT2D eigenvalue weighted by atomic mass is 16.2. The van der Waals surface area contributed by atoms with Crippen molar-refractivity contribution in [2.75, 3.05) is 19.6 Å². The molecule has 2 saturated heterocycles. The van der Waals surface area contributed by atoms with Crippen LogP contribution < -0.4 is 11.1 Å². The predicted molar refractivity (Wildman–Crippen MR) is 75.6 cm³/mol. The zero-order valence-electron chi connectivity index (χ0n) is 11.8. The summed E-state index contributed by atoms with van der Waals surface area (Å²) < 4.78 is 0. The molecule has 1 aliphatic carbocycles. The second-order valence-electron chi connectivity index (χ2n) is 6.50. The van der Waals surface area contributed by atoms with E-state index in [2.05, 4.69) is 10.2 Å². The summed E-state index contributed by atoms with van der Waals surface area (Å²) in [5.41, 5.74) is 6.03. The fourth-order valence-electron chi connectivity index (χ4n) is 4.47. The van der Waals surface area contributed by atoms with Crippen LogP contribution >= 0.6 is 0 Å². The number of likely N-dealkylation sites (tertiary alicyclic amines) is 1. The van der Waals surface area contributed by atoms with E-state index >= 15 is 0 Å². The molecule has 108 valence electrons. The lowest BCUT2D eigenvalue weighted by molar-refractivity contribution is -0.124. The van der Waals surface area contributed by atoms with Crippen molar-refractivity contribution in [3.8, 4) is 0 Å². The number of carbonyl (C=O) groups is 1. The van der Waals surface area contributed by atoms with Crippen LogP contribution in [-0.4, -0.2) is 42.5 Å². The van der Waals surface area contributed by atoms with Crippen molar-refractivity contribution in [3.05, 3.63) is 0 Å². The molecule has 0 aromatic carbocycles. The van der Waals surface area contributed by atoms with Crippen LogP contribution in [0.4, 0.5) is 0 Å². The largest absolute Gasteiger partial charge is 0.354 e. The SMILES string of the molecule is NCC1CCCCCC1N1CCCC2C(=O)NCC21. The van der Waals surface area contributed by atoms with Gasteiger partial charge in [0.05, 0.1) is 5.92 Å². The summed E-state index contributed by atoms with van der Waals surface area (Å²) in [6, 6.07) is 1.06. The first kappa shape index (κ1) is 13.4. The van der Waals surface area contributed by atoms with Crippen LogP contribution in [0.1, 0.15) is 44.9 Å². The van der Waals surface area contributed by atoms with E-state index in [1.165, 1.54) is 38.5 Å². The molecular formula is C15H27N3O.